The summed E-state index contributed by atoms with van der Waals surface area (Å²) in [5, 5.41) is 2.96. The molecule has 0 saturated carbocycles. The number of nitrogens with one attached hydrogen (secondary N) is 1. The van der Waals surface area contributed by atoms with Gasteiger partial charge in [0.25, 0.3) is 5.91 Å². The molecule has 29 heavy (non-hydrogen) atoms. The highest BCUT2D eigenvalue weighted by atomic mass is 35.5. The topological polar surface area (TPSA) is 72.5 Å². The average molecular weight is 452 g/mol. The minimum Gasteiger partial charge on any atom is -0.456 e. The monoisotopic (exact) mass is 451 g/mol. The van der Waals surface area contributed by atoms with E-state index in [0.717, 1.165) is 4.90 Å². The standard InChI is InChI=1S/C21H22ClNO4S2/c1-28-12-11-18(23-20(25)16-5-3-4-6-17(16)22)21(26)27-13-19(24)14-7-9-15(29-2)10-8-14/h3-10,18H,11-13H2,1-2H3,(H,23,25). The summed E-state index contributed by atoms with van der Waals surface area (Å²) in [6.07, 6.45) is 4.23. The fourth-order valence-electron chi connectivity index (χ4n) is 2.46. The second kappa shape index (κ2) is 11.9. The van der Waals surface area contributed by atoms with Crippen molar-refractivity contribution < 1.29 is 19.1 Å². The molecule has 0 spiro atoms. The van der Waals surface area contributed by atoms with Crippen molar-refractivity contribution in [2.75, 3.05) is 24.9 Å². The van der Waals surface area contributed by atoms with E-state index in [0.29, 0.717) is 22.8 Å². The maximum atomic E-state index is 12.5. The van der Waals surface area contributed by atoms with E-state index in [1.54, 1.807) is 59.9 Å². The number of rotatable bonds is 10. The highest BCUT2D eigenvalue weighted by Crippen LogP contribution is 2.16. The summed E-state index contributed by atoms with van der Waals surface area (Å²) >= 11 is 9.17. The SMILES string of the molecule is CSCCC(NC(=O)c1ccccc1Cl)C(=O)OCC(=O)c1ccc(SC)cc1. The van der Waals surface area contributed by atoms with Crippen molar-refractivity contribution in [2.45, 2.75) is 17.4 Å². The molecule has 2 aromatic carbocycles. The molecule has 0 bridgehead atoms. The first-order valence-electron chi connectivity index (χ1n) is 8.84. The number of amides is 1. The van der Waals surface area contributed by atoms with Crippen molar-refractivity contribution in [3.05, 3.63) is 64.7 Å². The molecule has 154 valence electrons. The molecule has 8 heteroatoms. The molecule has 1 N–H and O–H groups in total. The minimum absolute atomic E-state index is 0.279. The smallest absolute Gasteiger partial charge is 0.329 e. The molecule has 1 amide bonds. The number of hydrogen-bond acceptors (Lipinski definition) is 6. The van der Waals surface area contributed by atoms with E-state index in [1.165, 1.54) is 0 Å². The van der Waals surface area contributed by atoms with Crippen molar-refractivity contribution in [3.8, 4) is 0 Å². The van der Waals surface area contributed by atoms with Gasteiger partial charge in [-0.15, -0.1) is 11.8 Å². The van der Waals surface area contributed by atoms with Gasteiger partial charge in [-0.05, 0) is 49.0 Å². The summed E-state index contributed by atoms with van der Waals surface area (Å²) in [6.45, 7) is -0.380. The number of Topliss-reactive ketones (excluding diaryl/α,β-unsaturated/α-hetero) is 1. The zero-order valence-corrected chi connectivity index (χ0v) is 18.5. The predicted molar refractivity (Wildman–Crippen MR) is 119 cm³/mol. The van der Waals surface area contributed by atoms with Gasteiger partial charge in [-0.25, -0.2) is 4.79 Å². The van der Waals surface area contributed by atoms with Gasteiger partial charge in [0, 0.05) is 10.5 Å². The van der Waals surface area contributed by atoms with Crippen LogP contribution in [0.4, 0.5) is 0 Å². The van der Waals surface area contributed by atoms with Crippen molar-refractivity contribution in [1.29, 1.82) is 0 Å². The van der Waals surface area contributed by atoms with Gasteiger partial charge >= 0.3 is 5.97 Å². The Bertz CT molecular complexity index is 858. The van der Waals surface area contributed by atoms with Gasteiger partial charge in [-0.3, -0.25) is 9.59 Å². The molecular weight excluding hydrogens is 430 g/mol. The largest absolute Gasteiger partial charge is 0.456 e. The van der Waals surface area contributed by atoms with Gasteiger partial charge < -0.3 is 10.1 Å². The molecule has 2 aromatic rings. The molecule has 5 nitrogen and oxygen atoms in total. The number of carbonyl (C=O) groups is 3. The summed E-state index contributed by atoms with van der Waals surface area (Å²) in [5.74, 6) is -0.759. The van der Waals surface area contributed by atoms with Crippen LogP contribution in [0.25, 0.3) is 0 Å². The molecule has 1 atom stereocenters. The van der Waals surface area contributed by atoms with Crippen LogP contribution < -0.4 is 5.32 Å². The third-order valence-electron chi connectivity index (χ3n) is 4.08. The Morgan fingerprint density at radius 3 is 2.38 bits per heavy atom. The van der Waals surface area contributed by atoms with Crippen molar-refractivity contribution in [3.63, 3.8) is 0 Å². The van der Waals surface area contributed by atoms with Crippen molar-refractivity contribution in [2.24, 2.45) is 0 Å². The van der Waals surface area contributed by atoms with Crippen LogP contribution in [0.3, 0.4) is 0 Å². The van der Waals surface area contributed by atoms with E-state index in [1.807, 2.05) is 24.6 Å². The fourth-order valence-corrected chi connectivity index (χ4v) is 3.56. The van der Waals surface area contributed by atoms with Gasteiger partial charge in [-0.1, -0.05) is 35.9 Å². The lowest BCUT2D eigenvalue weighted by molar-refractivity contribution is -0.144. The van der Waals surface area contributed by atoms with Crippen LogP contribution in [0.5, 0.6) is 0 Å². The normalized spacial score (nSPS) is 11.6. The molecule has 0 aliphatic heterocycles. The highest BCUT2D eigenvalue weighted by Gasteiger charge is 2.24. The Labute approximate surface area is 183 Å². The molecule has 0 heterocycles. The molecule has 0 radical (unpaired) electrons. The van der Waals surface area contributed by atoms with Crippen LogP contribution in [0.1, 0.15) is 27.1 Å². The van der Waals surface area contributed by atoms with E-state index in [4.69, 9.17) is 16.3 Å². The lowest BCUT2D eigenvalue weighted by Gasteiger charge is -2.17. The fraction of sp³-hybridized carbons (Fsp3) is 0.286. The second-order valence-electron chi connectivity index (χ2n) is 6.05. The Morgan fingerprint density at radius 1 is 1.07 bits per heavy atom. The van der Waals surface area contributed by atoms with Crippen LogP contribution in [0, 0.1) is 0 Å². The number of esters is 1. The van der Waals surface area contributed by atoms with E-state index in [2.05, 4.69) is 5.32 Å². The molecule has 0 saturated heterocycles. The number of halogens is 1. The molecule has 0 fully saturated rings. The zero-order chi connectivity index (χ0) is 21.2. The van der Waals surface area contributed by atoms with Crippen LogP contribution in [-0.2, 0) is 9.53 Å². The van der Waals surface area contributed by atoms with Gasteiger partial charge in [-0.2, -0.15) is 11.8 Å². The summed E-state index contributed by atoms with van der Waals surface area (Å²) in [4.78, 5) is 38.3. The average Bonchev–Trinajstić information content (AvgIpc) is 2.74. The number of carbonyl (C=O) groups excluding carboxylic acids is 3. The molecule has 2 rings (SSSR count). The summed E-state index contributed by atoms with van der Waals surface area (Å²) in [6, 6.07) is 12.8. The Morgan fingerprint density at radius 2 is 1.76 bits per heavy atom. The first-order valence-corrected chi connectivity index (χ1v) is 11.8. The minimum atomic E-state index is -0.863. The van der Waals surface area contributed by atoms with Crippen LogP contribution in [-0.4, -0.2) is 48.6 Å². The molecule has 0 aromatic heterocycles. The van der Waals surface area contributed by atoms with E-state index in [-0.39, 0.29) is 18.0 Å². The number of thioether (sulfide) groups is 2. The maximum absolute atomic E-state index is 12.5. The Kier molecular flexibility index (Phi) is 9.57. The quantitative estimate of drug-likeness (QED) is 0.329. The lowest BCUT2D eigenvalue weighted by atomic mass is 10.1. The number of benzene rings is 2. The zero-order valence-electron chi connectivity index (χ0n) is 16.1. The lowest BCUT2D eigenvalue weighted by Crippen LogP contribution is -2.42. The van der Waals surface area contributed by atoms with Crippen LogP contribution in [0.15, 0.2) is 53.4 Å². The summed E-state index contributed by atoms with van der Waals surface area (Å²) < 4.78 is 5.19. The van der Waals surface area contributed by atoms with Gasteiger partial charge in [0.05, 0.1) is 10.6 Å². The Hall–Kier alpha value is -1.96. The van der Waals surface area contributed by atoms with E-state index < -0.39 is 17.9 Å². The van der Waals surface area contributed by atoms with Gasteiger partial charge in [0.1, 0.15) is 6.04 Å². The number of hydrogen-bond donors (Lipinski definition) is 1. The van der Waals surface area contributed by atoms with E-state index in [9.17, 15) is 14.4 Å². The van der Waals surface area contributed by atoms with Gasteiger partial charge in [0.15, 0.2) is 12.4 Å². The summed E-state index contributed by atoms with van der Waals surface area (Å²) in [5.41, 5.74) is 0.748. The third-order valence-corrected chi connectivity index (χ3v) is 5.79. The number of ketones is 1. The van der Waals surface area contributed by atoms with Crippen LogP contribution >= 0.6 is 35.1 Å². The van der Waals surface area contributed by atoms with E-state index >= 15 is 0 Å². The van der Waals surface area contributed by atoms with Crippen LogP contribution in [0.2, 0.25) is 5.02 Å². The summed E-state index contributed by atoms with van der Waals surface area (Å²) in [7, 11) is 0. The Balaban J connectivity index is 1.99. The predicted octanol–water partition coefficient (Wildman–Crippen LogP) is 4.34. The first-order chi connectivity index (χ1) is 14.0. The highest BCUT2D eigenvalue weighted by molar-refractivity contribution is 7.98. The number of ether oxygens (including phenoxy) is 1. The third kappa shape index (κ3) is 7.10. The molecule has 1 unspecified atom stereocenters. The molecule has 0 aliphatic rings. The van der Waals surface area contributed by atoms with Gasteiger partial charge in [0.2, 0.25) is 0 Å². The molecular formula is C21H22ClNO4S2. The molecule has 0 aliphatic carbocycles. The maximum Gasteiger partial charge on any atom is 0.329 e. The first kappa shape index (κ1) is 23.3. The second-order valence-corrected chi connectivity index (χ2v) is 8.32. The van der Waals surface area contributed by atoms with Crippen molar-refractivity contribution in [1.82, 2.24) is 5.32 Å². The van der Waals surface area contributed by atoms with Crippen molar-refractivity contribution >= 4 is 52.8 Å².